The summed E-state index contributed by atoms with van der Waals surface area (Å²) in [4.78, 5) is 14.5. The van der Waals surface area contributed by atoms with E-state index < -0.39 is 0 Å². The summed E-state index contributed by atoms with van der Waals surface area (Å²) in [5, 5.41) is 5.28. The highest BCUT2D eigenvalue weighted by Gasteiger charge is 2.29. The summed E-state index contributed by atoms with van der Waals surface area (Å²) < 4.78 is 5.64. The van der Waals surface area contributed by atoms with Crippen molar-refractivity contribution < 1.29 is 9.53 Å². The van der Waals surface area contributed by atoms with E-state index in [1.54, 1.807) is 29.5 Å². The molecule has 6 heteroatoms. The molecule has 0 N–H and O–H groups in total. The molecule has 0 aliphatic carbocycles. The normalized spacial score (nSPS) is 17.2. The second kappa shape index (κ2) is 8.24. The van der Waals surface area contributed by atoms with Crippen LogP contribution in [0, 0.1) is 0 Å². The minimum absolute atomic E-state index is 0.203. The van der Waals surface area contributed by atoms with Gasteiger partial charge in [-0.1, -0.05) is 23.2 Å². The fraction of sp³-hybridized carbons (Fsp3) is 0.389. The molecule has 1 unspecified atom stereocenters. The molecule has 128 valence electrons. The van der Waals surface area contributed by atoms with Gasteiger partial charge in [0.1, 0.15) is 5.75 Å². The van der Waals surface area contributed by atoms with Crippen LogP contribution in [0.4, 0.5) is 0 Å². The molecule has 2 aromatic rings. The van der Waals surface area contributed by atoms with E-state index in [4.69, 9.17) is 27.9 Å². The Morgan fingerprint density at radius 1 is 1.33 bits per heavy atom. The van der Waals surface area contributed by atoms with Crippen LogP contribution in [-0.4, -0.2) is 24.0 Å². The fourth-order valence-corrected chi connectivity index (χ4v) is 4.19. The monoisotopic (exact) mass is 383 g/mol. The predicted molar refractivity (Wildman–Crippen MR) is 99.2 cm³/mol. The molecule has 3 rings (SSSR count). The molecule has 0 bridgehead atoms. The second-order valence-electron chi connectivity index (χ2n) is 5.83. The Hall–Kier alpha value is -1.23. The lowest BCUT2D eigenvalue weighted by Gasteiger charge is -2.24. The van der Waals surface area contributed by atoms with E-state index in [9.17, 15) is 4.79 Å². The summed E-state index contributed by atoms with van der Waals surface area (Å²) in [6.07, 6.45) is 3.29. The maximum atomic E-state index is 12.5. The predicted octanol–water partition coefficient (Wildman–Crippen LogP) is 5.58. The van der Waals surface area contributed by atoms with Crippen molar-refractivity contribution in [3.8, 4) is 5.75 Å². The van der Waals surface area contributed by atoms with Gasteiger partial charge in [-0.05, 0) is 59.9 Å². The van der Waals surface area contributed by atoms with Crippen LogP contribution in [-0.2, 0) is 4.79 Å². The van der Waals surface area contributed by atoms with E-state index in [1.165, 1.54) is 5.56 Å². The van der Waals surface area contributed by atoms with Crippen molar-refractivity contribution >= 4 is 40.4 Å². The van der Waals surface area contributed by atoms with E-state index in [-0.39, 0.29) is 11.9 Å². The standard InChI is InChI=1S/C18H19Cl2NO2S/c19-14-5-6-17(15(20)11-14)23-9-2-4-18(22)21-8-1-3-16(21)13-7-10-24-12-13/h5-7,10-12,16H,1-4,8-9H2. The van der Waals surface area contributed by atoms with Crippen molar-refractivity contribution in [3.05, 3.63) is 50.6 Å². The lowest BCUT2D eigenvalue weighted by Crippen LogP contribution is -2.30. The minimum Gasteiger partial charge on any atom is -0.492 e. The van der Waals surface area contributed by atoms with Crippen LogP contribution >= 0.6 is 34.5 Å². The highest BCUT2D eigenvalue weighted by Crippen LogP contribution is 2.33. The maximum absolute atomic E-state index is 12.5. The molecule has 1 aromatic heterocycles. The third kappa shape index (κ3) is 4.24. The fourth-order valence-electron chi connectivity index (χ4n) is 3.02. The first-order valence-corrected chi connectivity index (χ1v) is 9.74. The van der Waals surface area contributed by atoms with Gasteiger partial charge >= 0.3 is 0 Å². The van der Waals surface area contributed by atoms with Crippen molar-refractivity contribution in [1.82, 2.24) is 4.90 Å². The molecule has 3 nitrogen and oxygen atoms in total. The molecule has 2 heterocycles. The molecule has 1 fully saturated rings. The Bertz CT molecular complexity index is 690. The number of likely N-dealkylation sites (tertiary alicyclic amines) is 1. The number of rotatable bonds is 6. The molecule has 1 atom stereocenters. The first-order chi connectivity index (χ1) is 11.6. The lowest BCUT2D eigenvalue weighted by atomic mass is 10.1. The number of nitrogens with zero attached hydrogens (tertiary/aromatic N) is 1. The Kier molecular flexibility index (Phi) is 6.04. The number of carbonyl (C=O) groups is 1. The number of carbonyl (C=O) groups excluding carboxylic acids is 1. The average Bonchev–Trinajstić information content (AvgIpc) is 3.23. The topological polar surface area (TPSA) is 29.5 Å². The first kappa shape index (κ1) is 17.6. The van der Waals surface area contributed by atoms with Crippen LogP contribution < -0.4 is 4.74 Å². The molecule has 1 aliphatic rings. The zero-order valence-corrected chi connectivity index (χ0v) is 15.5. The Balaban J connectivity index is 1.47. The number of halogens is 2. The van der Waals surface area contributed by atoms with Gasteiger partial charge in [-0.3, -0.25) is 4.79 Å². The molecule has 0 radical (unpaired) electrons. The molecular formula is C18H19Cl2NO2S. The lowest BCUT2D eigenvalue weighted by molar-refractivity contribution is -0.132. The van der Waals surface area contributed by atoms with Crippen molar-refractivity contribution in [1.29, 1.82) is 0 Å². The smallest absolute Gasteiger partial charge is 0.223 e. The van der Waals surface area contributed by atoms with Crippen molar-refractivity contribution in [2.24, 2.45) is 0 Å². The van der Waals surface area contributed by atoms with Crippen LogP contribution in [0.5, 0.6) is 5.75 Å². The van der Waals surface area contributed by atoms with Crippen LogP contribution in [0.2, 0.25) is 10.0 Å². The van der Waals surface area contributed by atoms with Gasteiger partial charge in [0.2, 0.25) is 5.91 Å². The highest BCUT2D eigenvalue weighted by atomic mass is 35.5. The average molecular weight is 384 g/mol. The molecule has 1 amide bonds. The van der Waals surface area contributed by atoms with Gasteiger partial charge in [-0.15, -0.1) is 0 Å². The van der Waals surface area contributed by atoms with Gasteiger partial charge < -0.3 is 9.64 Å². The number of hydrogen-bond donors (Lipinski definition) is 0. The number of amides is 1. The Labute approximate surface area is 156 Å². The van der Waals surface area contributed by atoms with Crippen LogP contribution in [0.25, 0.3) is 0 Å². The highest BCUT2D eigenvalue weighted by molar-refractivity contribution is 7.08. The summed E-state index contributed by atoms with van der Waals surface area (Å²) in [7, 11) is 0. The minimum atomic E-state index is 0.203. The molecule has 1 aliphatic heterocycles. The first-order valence-electron chi connectivity index (χ1n) is 8.04. The number of ether oxygens (including phenoxy) is 1. The Morgan fingerprint density at radius 3 is 2.96 bits per heavy atom. The maximum Gasteiger partial charge on any atom is 0.223 e. The van der Waals surface area contributed by atoms with Gasteiger partial charge in [0.25, 0.3) is 0 Å². The Morgan fingerprint density at radius 2 is 2.21 bits per heavy atom. The molecule has 1 saturated heterocycles. The zero-order valence-electron chi connectivity index (χ0n) is 13.2. The second-order valence-corrected chi connectivity index (χ2v) is 7.45. The van der Waals surface area contributed by atoms with Gasteiger partial charge in [0.15, 0.2) is 0 Å². The third-order valence-corrected chi connectivity index (χ3v) is 5.42. The molecule has 0 spiro atoms. The van der Waals surface area contributed by atoms with Crippen molar-refractivity contribution in [2.75, 3.05) is 13.2 Å². The van der Waals surface area contributed by atoms with Gasteiger partial charge in [-0.25, -0.2) is 0 Å². The molecular weight excluding hydrogens is 365 g/mol. The van der Waals surface area contributed by atoms with E-state index in [0.29, 0.717) is 35.2 Å². The SMILES string of the molecule is O=C(CCCOc1ccc(Cl)cc1Cl)N1CCCC1c1ccsc1. The van der Waals surface area contributed by atoms with Gasteiger partial charge in [-0.2, -0.15) is 11.3 Å². The number of benzene rings is 1. The summed E-state index contributed by atoms with van der Waals surface area (Å²) >= 11 is 13.6. The van der Waals surface area contributed by atoms with Gasteiger partial charge in [0.05, 0.1) is 17.7 Å². The number of hydrogen-bond acceptors (Lipinski definition) is 3. The van der Waals surface area contributed by atoms with Crippen LogP contribution in [0.15, 0.2) is 35.0 Å². The molecule has 1 aromatic carbocycles. The summed E-state index contributed by atoms with van der Waals surface area (Å²) in [6, 6.07) is 7.50. The summed E-state index contributed by atoms with van der Waals surface area (Å²) in [5.74, 6) is 0.806. The molecule has 0 saturated carbocycles. The third-order valence-electron chi connectivity index (χ3n) is 4.19. The van der Waals surface area contributed by atoms with Crippen molar-refractivity contribution in [2.45, 2.75) is 31.7 Å². The molecule has 24 heavy (non-hydrogen) atoms. The van der Waals surface area contributed by atoms with E-state index in [2.05, 4.69) is 16.8 Å². The zero-order chi connectivity index (χ0) is 16.9. The van der Waals surface area contributed by atoms with E-state index >= 15 is 0 Å². The summed E-state index contributed by atoms with van der Waals surface area (Å²) in [6.45, 7) is 1.31. The quantitative estimate of drug-likeness (QED) is 0.609. The van der Waals surface area contributed by atoms with Gasteiger partial charge in [0, 0.05) is 18.0 Å². The number of thiophene rings is 1. The van der Waals surface area contributed by atoms with E-state index in [0.717, 1.165) is 19.4 Å². The van der Waals surface area contributed by atoms with Crippen molar-refractivity contribution in [3.63, 3.8) is 0 Å². The largest absolute Gasteiger partial charge is 0.492 e. The van der Waals surface area contributed by atoms with Crippen LogP contribution in [0.3, 0.4) is 0 Å². The van der Waals surface area contributed by atoms with E-state index in [1.807, 2.05) is 4.90 Å². The van der Waals surface area contributed by atoms with Crippen LogP contribution in [0.1, 0.15) is 37.3 Å². The summed E-state index contributed by atoms with van der Waals surface area (Å²) in [5.41, 5.74) is 1.26.